The highest BCUT2D eigenvalue weighted by molar-refractivity contribution is 5.54. The SMILES string of the molecule is Cc1nn(C)c(C)c1Oc1cc(F)ccc1N. The summed E-state index contributed by atoms with van der Waals surface area (Å²) in [6.45, 7) is 3.71. The topological polar surface area (TPSA) is 53.1 Å². The van der Waals surface area contributed by atoms with Crippen LogP contribution in [-0.2, 0) is 7.05 Å². The largest absolute Gasteiger partial charge is 0.451 e. The number of aromatic nitrogens is 2. The van der Waals surface area contributed by atoms with Crippen LogP contribution in [-0.4, -0.2) is 9.78 Å². The van der Waals surface area contributed by atoms with Crippen molar-refractivity contribution in [3.63, 3.8) is 0 Å². The molecule has 2 rings (SSSR count). The van der Waals surface area contributed by atoms with Crippen molar-refractivity contribution in [2.24, 2.45) is 7.05 Å². The number of hydrogen-bond acceptors (Lipinski definition) is 3. The standard InChI is InChI=1S/C12H14FN3O/c1-7-12(8(2)16(3)15-7)17-11-6-9(13)4-5-10(11)14/h4-6H,14H2,1-3H3. The molecule has 0 aliphatic rings. The Morgan fingerprint density at radius 3 is 2.65 bits per heavy atom. The van der Waals surface area contributed by atoms with Gasteiger partial charge < -0.3 is 10.5 Å². The van der Waals surface area contributed by atoms with Gasteiger partial charge in [-0.15, -0.1) is 0 Å². The van der Waals surface area contributed by atoms with Crippen LogP contribution in [0.2, 0.25) is 0 Å². The van der Waals surface area contributed by atoms with Crippen molar-refractivity contribution >= 4 is 5.69 Å². The molecule has 2 aromatic rings. The molecule has 0 amide bonds. The van der Waals surface area contributed by atoms with E-state index in [1.54, 1.807) is 4.68 Å². The van der Waals surface area contributed by atoms with Gasteiger partial charge in [-0.25, -0.2) is 4.39 Å². The van der Waals surface area contributed by atoms with Crippen LogP contribution in [0.1, 0.15) is 11.4 Å². The van der Waals surface area contributed by atoms with E-state index in [-0.39, 0.29) is 5.82 Å². The Hall–Kier alpha value is -2.04. The number of rotatable bonds is 2. The van der Waals surface area contributed by atoms with Crippen molar-refractivity contribution in [1.29, 1.82) is 0 Å². The number of halogens is 1. The minimum absolute atomic E-state index is 0.309. The Bertz CT molecular complexity index is 563. The van der Waals surface area contributed by atoms with Gasteiger partial charge in [0.25, 0.3) is 0 Å². The Morgan fingerprint density at radius 1 is 1.35 bits per heavy atom. The van der Waals surface area contributed by atoms with E-state index in [4.69, 9.17) is 10.5 Å². The third-order valence-corrected chi connectivity index (χ3v) is 2.63. The van der Waals surface area contributed by atoms with Crippen molar-refractivity contribution < 1.29 is 9.13 Å². The Balaban J connectivity index is 2.41. The lowest BCUT2D eigenvalue weighted by molar-refractivity contribution is 0.471. The van der Waals surface area contributed by atoms with E-state index in [0.29, 0.717) is 17.2 Å². The first-order chi connectivity index (χ1) is 7.99. The minimum atomic E-state index is -0.381. The highest BCUT2D eigenvalue weighted by Crippen LogP contribution is 2.31. The second kappa shape index (κ2) is 4.08. The molecule has 0 radical (unpaired) electrons. The van der Waals surface area contributed by atoms with Gasteiger partial charge in [-0.05, 0) is 26.0 Å². The molecular weight excluding hydrogens is 221 g/mol. The summed E-state index contributed by atoms with van der Waals surface area (Å²) in [5, 5.41) is 4.22. The lowest BCUT2D eigenvalue weighted by Crippen LogP contribution is -1.95. The number of aryl methyl sites for hydroxylation is 2. The van der Waals surface area contributed by atoms with Gasteiger partial charge in [0.05, 0.1) is 11.4 Å². The Morgan fingerprint density at radius 2 is 2.06 bits per heavy atom. The summed E-state index contributed by atoms with van der Waals surface area (Å²) >= 11 is 0. The van der Waals surface area contributed by atoms with Crippen LogP contribution in [0.5, 0.6) is 11.5 Å². The molecule has 0 unspecified atom stereocenters. The van der Waals surface area contributed by atoms with Gasteiger partial charge >= 0.3 is 0 Å². The van der Waals surface area contributed by atoms with E-state index in [2.05, 4.69) is 5.10 Å². The fourth-order valence-electron chi connectivity index (χ4n) is 1.61. The summed E-state index contributed by atoms with van der Waals surface area (Å²) < 4.78 is 20.4. The molecule has 0 aliphatic heterocycles. The van der Waals surface area contributed by atoms with Gasteiger partial charge in [0.1, 0.15) is 11.5 Å². The molecule has 0 atom stereocenters. The molecular formula is C12H14FN3O. The molecule has 5 heteroatoms. The first-order valence-corrected chi connectivity index (χ1v) is 5.22. The van der Waals surface area contributed by atoms with Gasteiger partial charge in [0, 0.05) is 13.1 Å². The molecule has 4 nitrogen and oxygen atoms in total. The van der Waals surface area contributed by atoms with Gasteiger partial charge in [-0.1, -0.05) is 0 Å². The van der Waals surface area contributed by atoms with E-state index in [0.717, 1.165) is 11.4 Å². The molecule has 17 heavy (non-hydrogen) atoms. The predicted octanol–water partition coefficient (Wildman–Crippen LogP) is 2.55. The van der Waals surface area contributed by atoms with Crippen LogP contribution >= 0.6 is 0 Å². The zero-order chi connectivity index (χ0) is 12.6. The fraction of sp³-hybridized carbons (Fsp3) is 0.250. The number of nitrogen functional groups attached to an aromatic ring is 1. The van der Waals surface area contributed by atoms with Gasteiger partial charge in [0.2, 0.25) is 0 Å². The lowest BCUT2D eigenvalue weighted by atomic mass is 10.3. The maximum absolute atomic E-state index is 13.1. The summed E-state index contributed by atoms with van der Waals surface area (Å²) in [5.41, 5.74) is 7.73. The van der Waals surface area contributed by atoms with Gasteiger partial charge in [0.15, 0.2) is 11.5 Å². The smallest absolute Gasteiger partial charge is 0.171 e. The molecule has 0 spiro atoms. The molecule has 1 aromatic heterocycles. The monoisotopic (exact) mass is 235 g/mol. The predicted molar refractivity (Wildman–Crippen MR) is 63.6 cm³/mol. The normalized spacial score (nSPS) is 10.6. The maximum Gasteiger partial charge on any atom is 0.171 e. The zero-order valence-electron chi connectivity index (χ0n) is 9.99. The molecule has 0 fully saturated rings. The molecule has 0 saturated heterocycles. The van der Waals surface area contributed by atoms with Crippen LogP contribution in [0.25, 0.3) is 0 Å². The second-order valence-electron chi connectivity index (χ2n) is 3.91. The summed E-state index contributed by atoms with van der Waals surface area (Å²) in [6.07, 6.45) is 0. The van der Waals surface area contributed by atoms with Gasteiger partial charge in [-0.3, -0.25) is 4.68 Å². The Kier molecular flexibility index (Phi) is 2.75. The molecule has 1 heterocycles. The first-order valence-electron chi connectivity index (χ1n) is 5.22. The van der Waals surface area contributed by atoms with Crippen molar-refractivity contribution in [2.45, 2.75) is 13.8 Å². The zero-order valence-corrected chi connectivity index (χ0v) is 9.99. The highest BCUT2D eigenvalue weighted by atomic mass is 19.1. The third kappa shape index (κ3) is 2.08. The van der Waals surface area contributed by atoms with Crippen molar-refractivity contribution in [2.75, 3.05) is 5.73 Å². The fourth-order valence-corrected chi connectivity index (χ4v) is 1.61. The maximum atomic E-state index is 13.1. The average molecular weight is 235 g/mol. The number of benzene rings is 1. The Labute approximate surface area is 98.8 Å². The molecule has 90 valence electrons. The van der Waals surface area contributed by atoms with E-state index in [1.165, 1.54) is 18.2 Å². The minimum Gasteiger partial charge on any atom is -0.451 e. The lowest BCUT2D eigenvalue weighted by Gasteiger charge is -2.08. The molecule has 0 saturated carbocycles. The van der Waals surface area contributed by atoms with E-state index in [1.807, 2.05) is 20.9 Å². The first kappa shape index (κ1) is 11.4. The number of nitrogens with two attached hydrogens (primary N) is 1. The van der Waals surface area contributed by atoms with Crippen LogP contribution in [0.4, 0.5) is 10.1 Å². The van der Waals surface area contributed by atoms with Crippen molar-refractivity contribution in [3.05, 3.63) is 35.4 Å². The van der Waals surface area contributed by atoms with Crippen LogP contribution in [0.15, 0.2) is 18.2 Å². The molecule has 0 bridgehead atoms. The molecule has 2 N–H and O–H groups in total. The van der Waals surface area contributed by atoms with Crippen LogP contribution in [0.3, 0.4) is 0 Å². The second-order valence-corrected chi connectivity index (χ2v) is 3.91. The summed E-state index contributed by atoms with van der Waals surface area (Å²) in [5.74, 6) is 0.544. The quantitative estimate of drug-likeness (QED) is 0.814. The van der Waals surface area contributed by atoms with Crippen LogP contribution < -0.4 is 10.5 Å². The number of nitrogens with zero attached hydrogens (tertiary/aromatic N) is 2. The van der Waals surface area contributed by atoms with Crippen LogP contribution in [0, 0.1) is 19.7 Å². The van der Waals surface area contributed by atoms with Gasteiger partial charge in [-0.2, -0.15) is 5.10 Å². The number of hydrogen-bond donors (Lipinski definition) is 1. The highest BCUT2D eigenvalue weighted by Gasteiger charge is 2.13. The summed E-state index contributed by atoms with van der Waals surface area (Å²) in [6, 6.07) is 4.04. The van der Waals surface area contributed by atoms with E-state index >= 15 is 0 Å². The molecule has 1 aromatic carbocycles. The molecule has 0 aliphatic carbocycles. The van der Waals surface area contributed by atoms with E-state index in [9.17, 15) is 4.39 Å². The third-order valence-electron chi connectivity index (χ3n) is 2.63. The number of anilines is 1. The number of ether oxygens (including phenoxy) is 1. The average Bonchev–Trinajstić information content (AvgIpc) is 2.50. The van der Waals surface area contributed by atoms with Crippen molar-refractivity contribution in [3.8, 4) is 11.5 Å². The van der Waals surface area contributed by atoms with E-state index < -0.39 is 0 Å². The summed E-state index contributed by atoms with van der Waals surface area (Å²) in [7, 11) is 1.82. The summed E-state index contributed by atoms with van der Waals surface area (Å²) in [4.78, 5) is 0. The van der Waals surface area contributed by atoms with Crippen molar-refractivity contribution in [1.82, 2.24) is 9.78 Å².